The molecular formula is C22H18F2N4. The zero-order valence-electron chi connectivity index (χ0n) is 15.0. The molecule has 0 radical (unpaired) electrons. The van der Waals surface area contributed by atoms with Gasteiger partial charge >= 0.3 is 0 Å². The highest BCUT2D eigenvalue weighted by Crippen LogP contribution is 2.64. The van der Waals surface area contributed by atoms with Crippen LogP contribution in [-0.2, 0) is 0 Å². The lowest BCUT2D eigenvalue weighted by molar-refractivity contribution is 0.246. The molecule has 3 aromatic rings. The molecule has 28 heavy (non-hydrogen) atoms. The van der Waals surface area contributed by atoms with Crippen molar-refractivity contribution in [2.75, 3.05) is 5.32 Å². The molecule has 1 aromatic heterocycles. The number of nitrogens with zero attached hydrogens (tertiary/aromatic N) is 2. The largest absolute Gasteiger partial charge is 0.378 e. The van der Waals surface area contributed by atoms with E-state index >= 15 is 0 Å². The monoisotopic (exact) mass is 376 g/mol. The van der Waals surface area contributed by atoms with Crippen LogP contribution in [-0.4, -0.2) is 10.2 Å². The van der Waals surface area contributed by atoms with Crippen molar-refractivity contribution in [2.24, 2.45) is 17.8 Å². The first-order valence-electron chi connectivity index (χ1n) is 9.77. The Morgan fingerprint density at radius 1 is 1.11 bits per heavy atom. The van der Waals surface area contributed by atoms with Crippen molar-refractivity contribution in [2.45, 2.75) is 31.2 Å². The molecule has 2 aliphatic carbocycles. The van der Waals surface area contributed by atoms with Gasteiger partial charge in [-0.2, -0.15) is 10.4 Å². The van der Waals surface area contributed by atoms with E-state index in [1.54, 1.807) is 0 Å². The summed E-state index contributed by atoms with van der Waals surface area (Å²) in [6.45, 7) is 0. The van der Waals surface area contributed by atoms with Gasteiger partial charge in [0.15, 0.2) is 0 Å². The zero-order valence-corrected chi connectivity index (χ0v) is 15.0. The molecule has 0 unspecified atom stereocenters. The minimum absolute atomic E-state index is 0.103. The first-order valence-corrected chi connectivity index (χ1v) is 9.77. The molecule has 2 fully saturated rings. The minimum Gasteiger partial charge on any atom is -0.378 e. The van der Waals surface area contributed by atoms with E-state index in [1.165, 1.54) is 18.1 Å². The molecule has 6 heteroatoms. The highest BCUT2D eigenvalue weighted by atomic mass is 19.1. The molecule has 3 aliphatic rings. The van der Waals surface area contributed by atoms with Crippen LogP contribution in [0.1, 0.15) is 47.9 Å². The smallest absolute Gasteiger partial charge is 0.143 e. The molecule has 2 aromatic carbocycles. The van der Waals surface area contributed by atoms with Gasteiger partial charge in [-0.1, -0.05) is 0 Å². The molecule has 0 saturated heterocycles. The Morgan fingerprint density at radius 2 is 1.96 bits per heavy atom. The van der Waals surface area contributed by atoms with E-state index in [4.69, 9.17) is 0 Å². The lowest BCUT2D eigenvalue weighted by Crippen LogP contribution is -2.36. The number of aromatic nitrogens is 2. The zero-order chi connectivity index (χ0) is 19.0. The molecular weight excluding hydrogens is 358 g/mol. The molecule has 4 nitrogen and oxygen atoms in total. The second kappa shape index (κ2) is 5.54. The molecule has 1 aliphatic heterocycles. The number of hydrogen-bond donors (Lipinski definition) is 2. The highest BCUT2D eigenvalue weighted by molar-refractivity contribution is 5.88. The Bertz CT molecular complexity index is 1160. The van der Waals surface area contributed by atoms with E-state index in [9.17, 15) is 14.0 Å². The minimum atomic E-state index is -0.801. The van der Waals surface area contributed by atoms with Crippen LogP contribution in [0.2, 0.25) is 0 Å². The molecule has 2 heterocycles. The Morgan fingerprint density at radius 3 is 2.82 bits per heavy atom. The summed E-state index contributed by atoms with van der Waals surface area (Å²) in [5, 5.41) is 21.2. The van der Waals surface area contributed by atoms with Gasteiger partial charge in [0.1, 0.15) is 17.7 Å². The average Bonchev–Trinajstić information content (AvgIpc) is 3.43. The molecule has 2 N–H and O–H groups in total. The Labute approximate surface area is 160 Å². The van der Waals surface area contributed by atoms with Crippen molar-refractivity contribution in [1.29, 1.82) is 5.26 Å². The van der Waals surface area contributed by atoms with Gasteiger partial charge in [0.25, 0.3) is 0 Å². The van der Waals surface area contributed by atoms with Crippen LogP contribution in [0.25, 0.3) is 10.9 Å². The summed E-state index contributed by atoms with van der Waals surface area (Å²) in [6, 6.07) is 7.86. The van der Waals surface area contributed by atoms with Gasteiger partial charge in [-0.15, -0.1) is 0 Å². The maximum atomic E-state index is 14.8. The molecule has 5 atom stereocenters. The fourth-order valence-corrected chi connectivity index (χ4v) is 6.21. The molecule has 2 bridgehead atoms. The third kappa shape index (κ3) is 1.99. The van der Waals surface area contributed by atoms with Crippen molar-refractivity contribution in [3.8, 4) is 6.07 Å². The third-order valence-electron chi connectivity index (χ3n) is 7.22. The normalized spacial score (nSPS) is 30.0. The van der Waals surface area contributed by atoms with E-state index < -0.39 is 11.6 Å². The summed E-state index contributed by atoms with van der Waals surface area (Å²) in [7, 11) is 0. The van der Waals surface area contributed by atoms with Crippen molar-refractivity contribution < 1.29 is 8.78 Å². The first kappa shape index (κ1) is 16.1. The maximum absolute atomic E-state index is 14.8. The van der Waals surface area contributed by atoms with Gasteiger partial charge < -0.3 is 5.32 Å². The Kier molecular flexibility index (Phi) is 3.18. The van der Waals surface area contributed by atoms with Gasteiger partial charge in [0.05, 0.1) is 23.3 Å². The Hall–Kier alpha value is -2.94. The van der Waals surface area contributed by atoms with Crippen molar-refractivity contribution in [1.82, 2.24) is 10.2 Å². The van der Waals surface area contributed by atoms with Gasteiger partial charge in [-0.3, -0.25) is 5.10 Å². The van der Waals surface area contributed by atoms with Crippen molar-refractivity contribution >= 4 is 16.6 Å². The number of anilines is 1. The summed E-state index contributed by atoms with van der Waals surface area (Å²) in [5.41, 5.74) is 3.59. The van der Waals surface area contributed by atoms with Crippen LogP contribution < -0.4 is 5.32 Å². The third-order valence-corrected chi connectivity index (χ3v) is 7.22. The van der Waals surface area contributed by atoms with Crippen molar-refractivity contribution in [3.05, 3.63) is 58.8 Å². The standard InChI is InChI=1S/C22H18F2N4/c23-15-7-16(24)13(6-12(15)8-25)22-20-11-2-1-10(5-11)19(20)21-14-9-26-28-17(14)3-4-18(21)27-22/h3-4,6-7,9-11,19-20,22,27H,1-2,5H2,(H,26,28)/t10-,11-,19+,20-,22+/m1/s1. The van der Waals surface area contributed by atoms with Gasteiger partial charge in [-0.05, 0) is 66.7 Å². The lowest BCUT2D eigenvalue weighted by atomic mass is 9.67. The maximum Gasteiger partial charge on any atom is 0.143 e. The topological polar surface area (TPSA) is 64.5 Å². The second-order valence-corrected chi connectivity index (χ2v) is 8.38. The van der Waals surface area contributed by atoms with Gasteiger partial charge in [0, 0.05) is 22.7 Å². The average molecular weight is 376 g/mol. The van der Waals surface area contributed by atoms with Crippen molar-refractivity contribution in [3.63, 3.8) is 0 Å². The molecule has 6 rings (SSSR count). The van der Waals surface area contributed by atoms with Crippen LogP contribution in [0.5, 0.6) is 0 Å². The van der Waals surface area contributed by atoms with Crippen LogP contribution in [0.3, 0.4) is 0 Å². The fourth-order valence-electron chi connectivity index (χ4n) is 6.21. The van der Waals surface area contributed by atoms with E-state index in [-0.39, 0.29) is 17.5 Å². The number of H-pyrrole nitrogens is 1. The molecule has 2 saturated carbocycles. The van der Waals surface area contributed by atoms with Crippen LogP contribution in [0, 0.1) is 40.7 Å². The summed E-state index contributed by atoms with van der Waals surface area (Å²) < 4.78 is 28.7. The number of nitrogens with one attached hydrogen (secondary N) is 2. The van der Waals surface area contributed by atoms with Crippen LogP contribution in [0.15, 0.2) is 30.5 Å². The molecule has 0 spiro atoms. The second-order valence-electron chi connectivity index (χ2n) is 8.38. The van der Waals surface area contributed by atoms with E-state index in [1.807, 2.05) is 24.4 Å². The van der Waals surface area contributed by atoms with Gasteiger partial charge in [-0.25, -0.2) is 8.78 Å². The Balaban J connectivity index is 1.57. The number of halogens is 2. The number of rotatable bonds is 1. The summed E-state index contributed by atoms with van der Waals surface area (Å²) in [4.78, 5) is 0. The number of hydrogen-bond acceptors (Lipinski definition) is 3. The first-order chi connectivity index (χ1) is 13.7. The number of nitriles is 1. The predicted molar refractivity (Wildman–Crippen MR) is 101 cm³/mol. The highest BCUT2D eigenvalue weighted by Gasteiger charge is 2.54. The lowest BCUT2D eigenvalue weighted by Gasteiger charge is -2.43. The number of fused-ring (bicyclic) bond motifs is 9. The molecule has 140 valence electrons. The number of benzene rings is 2. The van der Waals surface area contributed by atoms with E-state index in [0.717, 1.165) is 35.5 Å². The van der Waals surface area contributed by atoms with Crippen LogP contribution >= 0.6 is 0 Å². The van der Waals surface area contributed by atoms with Gasteiger partial charge in [0.2, 0.25) is 0 Å². The predicted octanol–water partition coefficient (Wildman–Crippen LogP) is 5.01. The van der Waals surface area contributed by atoms with Crippen LogP contribution in [0.4, 0.5) is 14.5 Å². The van der Waals surface area contributed by atoms with E-state index in [0.29, 0.717) is 23.3 Å². The SMILES string of the molecule is N#Cc1cc([C@@H]2Nc3ccc4[nH]ncc4c3[C@H]3[C@@H]4CC[C@H](C4)[C@H]32)c(F)cc1F. The fraction of sp³-hybridized carbons (Fsp3) is 0.364. The summed E-state index contributed by atoms with van der Waals surface area (Å²) in [6.07, 6.45) is 5.37. The number of aromatic amines is 1. The summed E-state index contributed by atoms with van der Waals surface area (Å²) >= 11 is 0. The quantitative estimate of drug-likeness (QED) is 0.627. The molecule has 0 amide bonds. The van der Waals surface area contributed by atoms with E-state index in [2.05, 4.69) is 15.5 Å². The summed E-state index contributed by atoms with van der Waals surface area (Å²) in [5.74, 6) is 0.276.